The minimum atomic E-state index is -0.343. The molecule has 1 aromatic heterocycles. The number of benzene rings is 3. The molecular formula is C26H16N2O6. The highest BCUT2D eigenvalue weighted by Crippen LogP contribution is 2.46. The van der Waals surface area contributed by atoms with Gasteiger partial charge in [0.1, 0.15) is 0 Å². The van der Waals surface area contributed by atoms with Crippen molar-refractivity contribution in [2.24, 2.45) is 0 Å². The Labute approximate surface area is 193 Å². The van der Waals surface area contributed by atoms with E-state index >= 15 is 0 Å². The van der Waals surface area contributed by atoms with E-state index in [0.29, 0.717) is 39.7 Å². The number of nitrogens with zero attached hydrogens (tertiary/aromatic N) is 2. The Morgan fingerprint density at radius 2 is 1.44 bits per heavy atom. The second-order valence-corrected chi connectivity index (χ2v) is 8.22. The van der Waals surface area contributed by atoms with Gasteiger partial charge in [0.2, 0.25) is 13.6 Å². The van der Waals surface area contributed by atoms with Crippen LogP contribution in [0.25, 0.3) is 21.9 Å². The highest BCUT2D eigenvalue weighted by Gasteiger charge is 2.39. The van der Waals surface area contributed by atoms with Gasteiger partial charge in [0, 0.05) is 18.0 Å². The van der Waals surface area contributed by atoms with E-state index in [9.17, 15) is 9.59 Å². The average Bonchev–Trinajstić information content (AvgIpc) is 3.57. The second kappa shape index (κ2) is 6.95. The van der Waals surface area contributed by atoms with Crippen molar-refractivity contribution in [2.75, 3.05) is 13.6 Å². The summed E-state index contributed by atoms with van der Waals surface area (Å²) < 4.78 is 22.2. The number of carbonyl (C=O) groups excluding carboxylic acids is 2. The summed E-state index contributed by atoms with van der Waals surface area (Å²) in [5.41, 5.74) is 2.94. The Morgan fingerprint density at radius 3 is 2.24 bits per heavy atom. The molecule has 0 fully saturated rings. The summed E-state index contributed by atoms with van der Waals surface area (Å²) >= 11 is 0. The molecule has 8 heteroatoms. The van der Waals surface area contributed by atoms with Crippen molar-refractivity contribution < 1.29 is 28.5 Å². The van der Waals surface area contributed by atoms with Gasteiger partial charge in [-0.15, -0.1) is 0 Å². The topological polar surface area (TPSA) is 87.2 Å². The minimum absolute atomic E-state index is 0.127. The zero-order valence-electron chi connectivity index (χ0n) is 17.7. The number of hydrogen-bond acceptors (Lipinski definition) is 7. The van der Waals surface area contributed by atoms with Crippen molar-refractivity contribution in [1.82, 2.24) is 9.88 Å². The molecule has 0 saturated heterocycles. The monoisotopic (exact) mass is 452 g/mol. The standard InChI is InChI=1S/C26H16N2O6/c29-25-18-7-16-9-21-22(34-13-33-21)10-17(16)23(15-1-2-19-20(8-15)32-12-31-19)24(18)26(30)28(25)11-14-3-5-27-6-4-14/h1-10H,11-13H2. The second-order valence-electron chi connectivity index (χ2n) is 8.22. The molecule has 4 heterocycles. The smallest absolute Gasteiger partial charge is 0.262 e. The number of rotatable bonds is 3. The molecule has 3 aliphatic heterocycles. The van der Waals surface area contributed by atoms with Gasteiger partial charge in [0.25, 0.3) is 11.8 Å². The van der Waals surface area contributed by atoms with Crippen LogP contribution in [0.15, 0.2) is 60.9 Å². The maximum absolute atomic E-state index is 13.7. The SMILES string of the molecule is O=C1c2cc3cc4c(cc3c(-c3ccc5c(c3)OCO5)c2C(=O)N1Cc1ccncc1)OCO4. The highest BCUT2D eigenvalue weighted by molar-refractivity contribution is 6.27. The van der Waals surface area contributed by atoms with E-state index in [1.165, 1.54) is 4.90 Å². The molecule has 3 aromatic carbocycles. The van der Waals surface area contributed by atoms with Gasteiger partial charge in [-0.25, -0.2) is 0 Å². The number of carbonyl (C=O) groups is 2. The van der Waals surface area contributed by atoms with Crippen molar-refractivity contribution in [3.8, 4) is 34.1 Å². The van der Waals surface area contributed by atoms with E-state index in [2.05, 4.69) is 4.98 Å². The molecule has 0 saturated carbocycles. The molecule has 0 atom stereocenters. The van der Waals surface area contributed by atoms with Crippen molar-refractivity contribution in [3.63, 3.8) is 0 Å². The van der Waals surface area contributed by atoms with Crippen molar-refractivity contribution >= 4 is 22.6 Å². The molecule has 166 valence electrons. The number of pyridine rings is 1. The number of ether oxygens (including phenoxy) is 4. The largest absolute Gasteiger partial charge is 0.454 e. The predicted molar refractivity (Wildman–Crippen MR) is 120 cm³/mol. The van der Waals surface area contributed by atoms with Gasteiger partial charge in [-0.1, -0.05) is 6.07 Å². The normalized spacial score (nSPS) is 15.4. The van der Waals surface area contributed by atoms with Crippen LogP contribution < -0.4 is 18.9 Å². The van der Waals surface area contributed by atoms with Crippen LogP contribution in [0.4, 0.5) is 0 Å². The van der Waals surface area contributed by atoms with E-state index < -0.39 is 0 Å². The summed E-state index contributed by atoms with van der Waals surface area (Å²) in [4.78, 5) is 32.4. The molecule has 0 radical (unpaired) electrons. The van der Waals surface area contributed by atoms with E-state index in [0.717, 1.165) is 21.9 Å². The molecule has 0 spiro atoms. The summed E-state index contributed by atoms with van der Waals surface area (Å²) in [5, 5.41) is 1.57. The Kier molecular flexibility index (Phi) is 3.87. The maximum Gasteiger partial charge on any atom is 0.262 e. The Bertz CT molecular complexity index is 1530. The first-order valence-electron chi connectivity index (χ1n) is 10.7. The van der Waals surface area contributed by atoms with E-state index in [1.807, 2.05) is 30.3 Å². The summed E-state index contributed by atoms with van der Waals surface area (Å²) in [5.74, 6) is 1.76. The molecule has 2 amide bonds. The number of fused-ring (bicyclic) bond motifs is 4. The lowest BCUT2D eigenvalue weighted by Gasteiger charge is -2.14. The van der Waals surface area contributed by atoms with E-state index in [4.69, 9.17) is 18.9 Å². The zero-order valence-corrected chi connectivity index (χ0v) is 17.7. The summed E-state index contributed by atoms with van der Waals surface area (Å²) in [6, 6.07) is 14.6. The molecule has 0 N–H and O–H groups in total. The van der Waals surface area contributed by atoms with Gasteiger partial charge in [0.15, 0.2) is 23.0 Å². The van der Waals surface area contributed by atoms with Crippen LogP contribution in [0.5, 0.6) is 23.0 Å². The zero-order chi connectivity index (χ0) is 22.8. The third kappa shape index (κ3) is 2.68. The number of hydrogen-bond donors (Lipinski definition) is 0. The first kappa shape index (κ1) is 18.9. The summed E-state index contributed by atoms with van der Waals surface area (Å²) in [6.45, 7) is 0.430. The van der Waals surface area contributed by atoms with Crippen LogP contribution in [0.2, 0.25) is 0 Å². The van der Waals surface area contributed by atoms with Gasteiger partial charge in [0.05, 0.1) is 17.7 Å². The quantitative estimate of drug-likeness (QED) is 0.432. The highest BCUT2D eigenvalue weighted by atomic mass is 16.7. The number of aromatic nitrogens is 1. The molecular weight excluding hydrogens is 436 g/mol. The van der Waals surface area contributed by atoms with E-state index in [1.54, 1.807) is 30.6 Å². The van der Waals surface area contributed by atoms with Gasteiger partial charge in [-0.3, -0.25) is 19.5 Å². The molecule has 3 aliphatic rings. The fraction of sp³-hybridized carbons (Fsp3) is 0.115. The molecule has 7 rings (SSSR count). The van der Waals surface area contributed by atoms with Gasteiger partial charge in [-0.05, 0) is 64.4 Å². The Balaban J connectivity index is 1.47. The maximum atomic E-state index is 13.7. The molecule has 4 aromatic rings. The lowest BCUT2D eigenvalue weighted by Crippen LogP contribution is -2.29. The van der Waals surface area contributed by atoms with Crippen LogP contribution in [-0.2, 0) is 6.54 Å². The molecule has 34 heavy (non-hydrogen) atoms. The predicted octanol–water partition coefficient (Wildman–Crippen LogP) is 4.16. The van der Waals surface area contributed by atoms with Crippen LogP contribution in [0.1, 0.15) is 26.3 Å². The lowest BCUT2D eigenvalue weighted by molar-refractivity contribution is 0.0642. The van der Waals surface area contributed by atoms with Crippen molar-refractivity contribution in [3.05, 3.63) is 77.6 Å². The minimum Gasteiger partial charge on any atom is -0.454 e. The Hall–Kier alpha value is -4.59. The van der Waals surface area contributed by atoms with Crippen LogP contribution in [0.3, 0.4) is 0 Å². The van der Waals surface area contributed by atoms with Gasteiger partial charge >= 0.3 is 0 Å². The van der Waals surface area contributed by atoms with Crippen LogP contribution in [0, 0.1) is 0 Å². The molecule has 8 nitrogen and oxygen atoms in total. The Morgan fingerprint density at radius 1 is 0.735 bits per heavy atom. The van der Waals surface area contributed by atoms with Gasteiger partial charge < -0.3 is 18.9 Å². The van der Waals surface area contributed by atoms with Crippen LogP contribution >= 0.6 is 0 Å². The fourth-order valence-corrected chi connectivity index (χ4v) is 4.72. The molecule has 0 aliphatic carbocycles. The van der Waals surface area contributed by atoms with Crippen molar-refractivity contribution in [1.29, 1.82) is 0 Å². The number of imide groups is 1. The van der Waals surface area contributed by atoms with Gasteiger partial charge in [-0.2, -0.15) is 0 Å². The first-order valence-corrected chi connectivity index (χ1v) is 10.7. The fourth-order valence-electron chi connectivity index (χ4n) is 4.72. The first-order chi connectivity index (χ1) is 16.7. The third-order valence-corrected chi connectivity index (χ3v) is 6.32. The lowest BCUT2D eigenvalue weighted by atomic mass is 9.90. The molecule has 0 bridgehead atoms. The number of amides is 2. The molecule has 0 unspecified atom stereocenters. The average molecular weight is 452 g/mol. The summed E-state index contributed by atoms with van der Waals surface area (Å²) in [7, 11) is 0. The third-order valence-electron chi connectivity index (χ3n) is 6.32. The summed E-state index contributed by atoms with van der Waals surface area (Å²) in [6.07, 6.45) is 3.28. The van der Waals surface area contributed by atoms with Crippen molar-refractivity contribution in [2.45, 2.75) is 6.54 Å². The van der Waals surface area contributed by atoms with Crippen LogP contribution in [-0.4, -0.2) is 35.3 Å². The van der Waals surface area contributed by atoms with E-state index in [-0.39, 0.29) is 31.9 Å².